The van der Waals surface area contributed by atoms with Crippen LogP contribution in [0.4, 0.5) is 0 Å². The largest absolute Gasteiger partial charge is 0.327 e. The van der Waals surface area contributed by atoms with Gasteiger partial charge in [-0.2, -0.15) is 5.10 Å². The number of hydrogen-bond acceptors (Lipinski definition) is 2. The average molecular weight is 221 g/mol. The zero-order chi connectivity index (χ0) is 11.6. The van der Waals surface area contributed by atoms with Crippen molar-refractivity contribution in [3.8, 4) is 0 Å². The van der Waals surface area contributed by atoms with E-state index in [-0.39, 0.29) is 0 Å². The molecule has 90 valence electrons. The maximum Gasteiger partial charge on any atom is 0.0492 e. The van der Waals surface area contributed by atoms with Crippen LogP contribution in [-0.2, 0) is 13.5 Å². The molecule has 2 rings (SSSR count). The van der Waals surface area contributed by atoms with Gasteiger partial charge in [-0.1, -0.05) is 19.8 Å². The molecule has 3 heteroatoms. The molecule has 1 aliphatic rings. The Morgan fingerprint density at radius 1 is 1.50 bits per heavy atom. The Balaban J connectivity index is 1.88. The van der Waals surface area contributed by atoms with Crippen LogP contribution in [0.15, 0.2) is 12.3 Å². The summed E-state index contributed by atoms with van der Waals surface area (Å²) in [6, 6.07) is 2.42. The number of hydrogen-bond donors (Lipinski definition) is 1. The molecule has 1 aromatic heterocycles. The van der Waals surface area contributed by atoms with Gasteiger partial charge in [-0.15, -0.1) is 0 Å². The van der Waals surface area contributed by atoms with Crippen molar-refractivity contribution >= 4 is 0 Å². The van der Waals surface area contributed by atoms with Crippen molar-refractivity contribution in [2.75, 3.05) is 0 Å². The third kappa shape index (κ3) is 2.29. The number of rotatable bonds is 4. The van der Waals surface area contributed by atoms with Gasteiger partial charge in [-0.25, -0.2) is 0 Å². The first kappa shape index (κ1) is 11.6. The van der Waals surface area contributed by atoms with Crippen LogP contribution >= 0.6 is 0 Å². The van der Waals surface area contributed by atoms with E-state index < -0.39 is 0 Å². The van der Waals surface area contributed by atoms with E-state index in [4.69, 9.17) is 5.73 Å². The second kappa shape index (κ2) is 4.58. The fraction of sp³-hybridized carbons (Fsp3) is 0.769. The Bertz CT molecular complexity index is 337. The second-order valence-corrected chi connectivity index (χ2v) is 5.45. The third-order valence-electron chi connectivity index (χ3n) is 4.27. The molecule has 0 radical (unpaired) electrons. The van der Waals surface area contributed by atoms with Crippen LogP contribution < -0.4 is 5.73 Å². The molecular formula is C13H23N3. The van der Waals surface area contributed by atoms with Crippen LogP contribution in [0, 0.1) is 5.41 Å². The molecule has 1 heterocycles. The first-order valence-electron chi connectivity index (χ1n) is 6.34. The molecule has 1 unspecified atom stereocenters. The van der Waals surface area contributed by atoms with Crippen molar-refractivity contribution < 1.29 is 0 Å². The van der Waals surface area contributed by atoms with Gasteiger partial charge in [0.25, 0.3) is 0 Å². The van der Waals surface area contributed by atoms with Gasteiger partial charge in [0.2, 0.25) is 0 Å². The van der Waals surface area contributed by atoms with Crippen LogP contribution in [-0.4, -0.2) is 15.8 Å². The number of nitrogens with two attached hydrogens (primary N) is 1. The molecule has 1 aliphatic carbocycles. The highest BCUT2D eigenvalue weighted by Gasteiger charge is 2.34. The molecule has 16 heavy (non-hydrogen) atoms. The Kier molecular flexibility index (Phi) is 3.33. The molecule has 0 spiro atoms. The van der Waals surface area contributed by atoms with Crippen molar-refractivity contribution in [1.82, 2.24) is 9.78 Å². The zero-order valence-corrected chi connectivity index (χ0v) is 10.4. The number of aromatic nitrogens is 2. The van der Waals surface area contributed by atoms with Gasteiger partial charge in [0.05, 0.1) is 0 Å². The number of nitrogens with zero attached hydrogens (tertiary/aromatic N) is 2. The highest BCUT2D eigenvalue weighted by atomic mass is 15.2. The molecule has 3 nitrogen and oxygen atoms in total. The Morgan fingerprint density at radius 2 is 2.19 bits per heavy atom. The summed E-state index contributed by atoms with van der Waals surface area (Å²) in [5.74, 6) is 0. The Labute approximate surface area is 98.0 Å². The smallest absolute Gasteiger partial charge is 0.0492 e. The van der Waals surface area contributed by atoms with E-state index in [1.54, 1.807) is 0 Å². The fourth-order valence-electron chi connectivity index (χ4n) is 2.85. The van der Waals surface area contributed by atoms with Crippen LogP contribution in [0.25, 0.3) is 0 Å². The van der Waals surface area contributed by atoms with E-state index >= 15 is 0 Å². The van der Waals surface area contributed by atoms with Crippen LogP contribution in [0.3, 0.4) is 0 Å². The highest BCUT2D eigenvalue weighted by Crippen LogP contribution is 2.40. The minimum atomic E-state index is 0.338. The predicted octanol–water partition coefficient (Wildman–Crippen LogP) is 2.26. The van der Waals surface area contributed by atoms with Crippen LogP contribution in [0.5, 0.6) is 0 Å². The summed E-state index contributed by atoms with van der Waals surface area (Å²) >= 11 is 0. The molecule has 0 bridgehead atoms. The maximum absolute atomic E-state index is 6.35. The molecule has 1 atom stereocenters. The van der Waals surface area contributed by atoms with Gasteiger partial charge in [0.15, 0.2) is 0 Å². The molecule has 2 N–H and O–H groups in total. The highest BCUT2D eigenvalue weighted by molar-refractivity contribution is 5.01. The van der Waals surface area contributed by atoms with E-state index in [2.05, 4.69) is 18.1 Å². The second-order valence-electron chi connectivity index (χ2n) is 5.45. The monoisotopic (exact) mass is 221 g/mol. The molecule has 1 fully saturated rings. The molecule has 0 aliphatic heterocycles. The van der Waals surface area contributed by atoms with E-state index in [9.17, 15) is 0 Å². The maximum atomic E-state index is 6.35. The molecular weight excluding hydrogens is 198 g/mol. The van der Waals surface area contributed by atoms with E-state index in [1.165, 1.54) is 31.4 Å². The normalized spacial score (nSPS) is 21.2. The average Bonchev–Trinajstić information content (AvgIpc) is 2.85. The summed E-state index contributed by atoms with van der Waals surface area (Å²) in [6.07, 6.45) is 9.31. The first-order chi connectivity index (χ1) is 7.62. The summed E-state index contributed by atoms with van der Waals surface area (Å²) in [5, 5.41) is 4.19. The lowest BCUT2D eigenvalue weighted by atomic mass is 9.79. The Hall–Kier alpha value is -0.830. The van der Waals surface area contributed by atoms with E-state index in [0.717, 1.165) is 12.8 Å². The molecule has 1 aromatic rings. The number of aryl methyl sites for hydroxylation is 2. The third-order valence-corrected chi connectivity index (χ3v) is 4.27. The lowest BCUT2D eigenvalue weighted by molar-refractivity contribution is 0.250. The zero-order valence-electron chi connectivity index (χ0n) is 10.4. The van der Waals surface area contributed by atoms with Gasteiger partial charge in [0, 0.05) is 25.0 Å². The molecule has 0 amide bonds. The summed E-state index contributed by atoms with van der Waals surface area (Å²) in [5.41, 5.74) is 8.03. The first-order valence-corrected chi connectivity index (χ1v) is 6.34. The van der Waals surface area contributed by atoms with E-state index in [1.807, 2.05) is 17.9 Å². The topological polar surface area (TPSA) is 43.8 Å². The SMILES string of the molecule is Cn1nccc1CCC(N)C1(C)CCCC1. The van der Waals surface area contributed by atoms with Crippen LogP contribution in [0.1, 0.15) is 44.7 Å². The predicted molar refractivity (Wildman–Crippen MR) is 66.1 cm³/mol. The minimum Gasteiger partial charge on any atom is -0.327 e. The standard InChI is InChI=1S/C13H23N3/c1-13(8-3-4-9-13)12(14)6-5-11-7-10-15-16(11)2/h7,10,12H,3-6,8-9,14H2,1-2H3. The van der Waals surface area contributed by atoms with Crippen molar-refractivity contribution in [3.63, 3.8) is 0 Å². The summed E-state index contributed by atoms with van der Waals surface area (Å²) in [4.78, 5) is 0. The van der Waals surface area contributed by atoms with Gasteiger partial charge >= 0.3 is 0 Å². The summed E-state index contributed by atoms with van der Waals surface area (Å²) in [6.45, 7) is 2.36. The van der Waals surface area contributed by atoms with E-state index in [0.29, 0.717) is 11.5 Å². The van der Waals surface area contributed by atoms with Gasteiger partial charge < -0.3 is 5.73 Å². The van der Waals surface area contributed by atoms with Crippen LogP contribution in [0.2, 0.25) is 0 Å². The van der Waals surface area contributed by atoms with Crippen molar-refractivity contribution in [2.24, 2.45) is 18.2 Å². The molecule has 0 aromatic carbocycles. The van der Waals surface area contributed by atoms with Crippen molar-refractivity contribution in [1.29, 1.82) is 0 Å². The lowest BCUT2D eigenvalue weighted by Crippen LogP contribution is -2.38. The molecule has 1 saturated carbocycles. The molecule has 0 saturated heterocycles. The Morgan fingerprint density at radius 3 is 2.75 bits per heavy atom. The fourth-order valence-corrected chi connectivity index (χ4v) is 2.85. The summed E-state index contributed by atoms with van der Waals surface area (Å²) < 4.78 is 1.95. The van der Waals surface area contributed by atoms with Crippen molar-refractivity contribution in [2.45, 2.75) is 51.5 Å². The van der Waals surface area contributed by atoms with Gasteiger partial charge in [-0.3, -0.25) is 4.68 Å². The quantitative estimate of drug-likeness (QED) is 0.847. The van der Waals surface area contributed by atoms with Crippen molar-refractivity contribution in [3.05, 3.63) is 18.0 Å². The summed E-state index contributed by atoms with van der Waals surface area (Å²) in [7, 11) is 2.00. The lowest BCUT2D eigenvalue weighted by Gasteiger charge is -2.31. The minimum absolute atomic E-state index is 0.338. The van der Waals surface area contributed by atoms with Gasteiger partial charge in [0.1, 0.15) is 0 Å². The van der Waals surface area contributed by atoms with Gasteiger partial charge in [-0.05, 0) is 37.2 Å².